The fourth-order valence-corrected chi connectivity index (χ4v) is 11.1. The SMILES string of the molecule is C=C[CH2][Hf]([C]1=CC=CC1)[C]1=CC=CC1. The maximum atomic E-state index is 3.90. The second-order valence-electron chi connectivity index (χ2n) is 3.62. The average molecular weight is 350 g/mol. The van der Waals surface area contributed by atoms with Crippen molar-refractivity contribution in [2.45, 2.75) is 17.0 Å². The van der Waals surface area contributed by atoms with Gasteiger partial charge < -0.3 is 0 Å². The van der Waals surface area contributed by atoms with Crippen LogP contribution in [0.25, 0.3) is 0 Å². The molecule has 0 atom stereocenters. The van der Waals surface area contributed by atoms with Crippen molar-refractivity contribution in [1.29, 1.82) is 0 Å². The molecule has 0 saturated carbocycles. The third kappa shape index (κ3) is 2.14. The quantitative estimate of drug-likeness (QED) is 0.533. The van der Waals surface area contributed by atoms with Gasteiger partial charge in [0.2, 0.25) is 0 Å². The van der Waals surface area contributed by atoms with E-state index >= 15 is 0 Å². The van der Waals surface area contributed by atoms with Crippen LogP contribution < -0.4 is 0 Å². The van der Waals surface area contributed by atoms with Crippen LogP contribution in [0.1, 0.15) is 12.8 Å². The Morgan fingerprint density at radius 2 is 1.71 bits per heavy atom. The number of allylic oxidation sites excluding steroid dienone is 9. The third-order valence-electron chi connectivity index (χ3n) is 2.67. The summed E-state index contributed by atoms with van der Waals surface area (Å²) in [4.78, 5) is 0. The normalized spacial score (nSPS) is 18.3. The average Bonchev–Trinajstić information content (AvgIpc) is 2.87. The second-order valence-corrected chi connectivity index (χ2v) is 13.1. The molecule has 2 aliphatic carbocycles. The van der Waals surface area contributed by atoms with Gasteiger partial charge in [-0.1, -0.05) is 0 Å². The third-order valence-corrected chi connectivity index (χ3v) is 13.4. The van der Waals surface area contributed by atoms with Gasteiger partial charge in [-0.25, -0.2) is 0 Å². The summed E-state index contributed by atoms with van der Waals surface area (Å²) in [6.07, 6.45) is 18.3. The zero-order chi connectivity index (χ0) is 9.80. The summed E-state index contributed by atoms with van der Waals surface area (Å²) in [6.45, 7) is 3.90. The van der Waals surface area contributed by atoms with Gasteiger partial charge >= 0.3 is 94.2 Å². The Bertz CT molecular complexity index is 312. The van der Waals surface area contributed by atoms with Gasteiger partial charge in [-0.15, -0.1) is 0 Å². The van der Waals surface area contributed by atoms with Crippen molar-refractivity contribution in [3.8, 4) is 0 Å². The summed E-state index contributed by atoms with van der Waals surface area (Å²) in [6, 6.07) is 0. The van der Waals surface area contributed by atoms with Crippen molar-refractivity contribution in [2.24, 2.45) is 0 Å². The van der Waals surface area contributed by atoms with Crippen molar-refractivity contribution in [3.63, 3.8) is 0 Å². The van der Waals surface area contributed by atoms with Crippen molar-refractivity contribution in [1.82, 2.24) is 0 Å². The van der Waals surface area contributed by atoms with Gasteiger partial charge in [0, 0.05) is 0 Å². The van der Waals surface area contributed by atoms with Crippen LogP contribution in [0.4, 0.5) is 0 Å². The first-order valence-corrected chi connectivity index (χ1v) is 11.2. The van der Waals surface area contributed by atoms with E-state index in [2.05, 4.69) is 49.1 Å². The summed E-state index contributed by atoms with van der Waals surface area (Å²) in [5.41, 5.74) is 0. The molecule has 0 aromatic rings. The van der Waals surface area contributed by atoms with E-state index in [1.165, 1.54) is 17.0 Å². The zero-order valence-electron chi connectivity index (χ0n) is 8.37. The van der Waals surface area contributed by atoms with Crippen LogP contribution in [0.2, 0.25) is 4.18 Å². The zero-order valence-corrected chi connectivity index (χ0v) is 12.0. The second kappa shape index (κ2) is 4.88. The molecule has 1 heteroatoms. The molecule has 0 spiro atoms. The van der Waals surface area contributed by atoms with Crippen LogP contribution in [0.3, 0.4) is 0 Å². The van der Waals surface area contributed by atoms with Gasteiger partial charge in [-0.3, -0.25) is 0 Å². The molecule has 0 aromatic heterocycles. The van der Waals surface area contributed by atoms with Gasteiger partial charge in [0.05, 0.1) is 0 Å². The van der Waals surface area contributed by atoms with E-state index in [1.54, 1.807) is 6.66 Å². The molecule has 0 heterocycles. The minimum atomic E-state index is -1.64. The molecular formula is C13H15Hf. The van der Waals surface area contributed by atoms with Crippen LogP contribution in [0, 0.1) is 0 Å². The number of rotatable bonds is 4. The molecule has 0 fully saturated rings. The summed E-state index contributed by atoms with van der Waals surface area (Å²) in [7, 11) is 0. The Morgan fingerprint density at radius 1 is 1.14 bits per heavy atom. The molecule has 0 unspecified atom stereocenters. The molecule has 0 nitrogen and oxygen atoms in total. The van der Waals surface area contributed by atoms with Gasteiger partial charge in [0.25, 0.3) is 0 Å². The summed E-state index contributed by atoms with van der Waals surface area (Å²) in [5.74, 6) is 0. The number of hydrogen-bond donors (Lipinski definition) is 0. The van der Waals surface area contributed by atoms with Crippen molar-refractivity contribution >= 4 is 0 Å². The standard InChI is InChI=1S/2C5H5.C3H5.Hf/c2*1-2-4-5-3-1;1-3-2;/h2*1-3H,4H2;3H,1-2H2;. The molecule has 71 valence electrons. The number of hydrogen-bond acceptors (Lipinski definition) is 0. The molecule has 0 aromatic carbocycles. The molecule has 0 aliphatic heterocycles. The first-order chi connectivity index (χ1) is 6.92. The Hall–Kier alpha value is -0.430. The van der Waals surface area contributed by atoms with Gasteiger partial charge in [-0.05, 0) is 0 Å². The fourth-order valence-electron chi connectivity index (χ4n) is 1.95. The van der Waals surface area contributed by atoms with E-state index < -0.39 is 21.4 Å². The van der Waals surface area contributed by atoms with Crippen molar-refractivity contribution < 1.29 is 21.4 Å². The summed E-state index contributed by atoms with van der Waals surface area (Å²) >= 11 is -1.64. The monoisotopic (exact) mass is 351 g/mol. The van der Waals surface area contributed by atoms with E-state index in [0.717, 1.165) is 0 Å². The van der Waals surface area contributed by atoms with E-state index in [4.69, 9.17) is 0 Å². The topological polar surface area (TPSA) is 0 Å². The molecule has 0 N–H and O–H groups in total. The first-order valence-electron chi connectivity index (χ1n) is 5.10. The van der Waals surface area contributed by atoms with Crippen molar-refractivity contribution in [3.05, 3.63) is 55.8 Å². The van der Waals surface area contributed by atoms with E-state index in [9.17, 15) is 0 Å². The Kier molecular flexibility index (Phi) is 3.52. The summed E-state index contributed by atoms with van der Waals surface area (Å²) in [5, 5.41) is 0. The predicted molar refractivity (Wildman–Crippen MR) is 58.7 cm³/mol. The first kappa shape index (κ1) is 10.1. The Balaban J connectivity index is 2.11. The van der Waals surface area contributed by atoms with Crippen LogP contribution in [-0.4, -0.2) is 0 Å². The van der Waals surface area contributed by atoms with E-state index in [0.29, 0.717) is 0 Å². The van der Waals surface area contributed by atoms with Crippen LogP contribution >= 0.6 is 0 Å². The molecule has 0 bridgehead atoms. The van der Waals surface area contributed by atoms with Gasteiger partial charge in [0.15, 0.2) is 0 Å². The predicted octanol–water partition coefficient (Wildman–Crippen LogP) is 3.90. The van der Waals surface area contributed by atoms with E-state index in [1.807, 2.05) is 0 Å². The molecule has 0 radical (unpaired) electrons. The minimum absolute atomic E-state index is 1.22. The Morgan fingerprint density at radius 3 is 2.07 bits per heavy atom. The Labute approximate surface area is 93.9 Å². The maximum absolute atomic E-state index is 3.90. The summed E-state index contributed by atoms with van der Waals surface area (Å²) < 4.78 is 4.79. The van der Waals surface area contributed by atoms with Crippen LogP contribution in [-0.2, 0) is 21.4 Å². The molecule has 2 rings (SSSR count). The molecule has 14 heavy (non-hydrogen) atoms. The van der Waals surface area contributed by atoms with Gasteiger partial charge in [0.1, 0.15) is 0 Å². The molecule has 0 amide bonds. The van der Waals surface area contributed by atoms with Crippen LogP contribution in [0.5, 0.6) is 0 Å². The van der Waals surface area contributed by atoms with Crippen LogP contribution in [0.15, 0.2) is 55.8 Å². The molecule has 0 saturated heterocycles. The molecule has 2 aliphatic rings. The van der Waals surface area contributed by atoms with Gasteiger partial charge in [-0.2, -0.15) is 0 Å². The van der Waals surface area contributed by atoms with E-state index in [-0.39, 0.29) is 0 Å². The fraction of sp³-hybridized carbons (Fsp3) is 0.231. The molecular weight excluding hydrogens is 335 g/mol. The van der Waals surface area contributed by atoms with Crippen molar-refractivity contribution in [2.75, 3.05) is 0 Å².